The van der Waals surface area contributed by atoms with Gasteiger partial charge < -0.3 is 10.0 Å². The van der Waals surface area contributed by atoms with Crippen LogP contribution in [0.3, 0.4) is 0 Å². The first-order chi connectivity index (χ1) is 12.1. The first-order valence-corrected chi connectivity index (χ1v) is 11.0. The van der Waals surface area contributed by atoms with Gasteiger partial charge in [-0.1, -0.05) is 22.3 Å². The third kappa shape index (κ3) is 2.45. The number of carbonyl (C=O) groups excluding carboxylic acids is 3. The summed E-state index contributed by atoms with van der Waals surface area (Å²) in [6.45, 7) is 3.27. The fourth-order valence-corrected chi connectivity index (χ4v) is 5.33. The minimum Gasteiger partial charge on any atom is -0.479 e. The Morgan fingerprint density at radius 1 is 1.19 bits per heavy atom. The van der Waals surface area contributed by atoms with E-state index in [0.29, 0.717) is 0 Å². The number of hydrogen-bond donors (Lipinski definition) is 1. The van der Waals surface area contributed by atoms with Crippen LogP contribution >= 0.6 is 40.9 Å². The van der Waals surface area contributed by atoms with E-state index in [4.69, 9.17) is 0 Å². The molecule has 26 heavy (non-hydrogen) atoms. The number of rotatable bonds is 5. The van der Waals surface area contributed by atoms with Gasteiger partial charge in [-0.2, -0.15) is 0 Å². The maximum Gasteiger partial charge on any atom is 0.342 e. The molecule has 1 N–H and O–H groups in total. The standard InChI is InChI=1S/C16H14Br2N2O5S/c1-15(2,26-18)16(17,14(24)25)19-7-10(13(19)23)20-11(21)8-5-3-4-6-9(8)12(20)22/h3-6,10H,7H2,1-2H3,(H,24,25). The van der Waals surface area contributed by atoms with Gasteiger partial charge in [-0.25, -0.2) is 4.79 Å². The molecule has 1 aromatic carbocycles. The van der Waals surface area contributed by atoms with Crippen LogP contribution in [0.25, 0.3) is 0 Å². The van der Waals surface area contributed by atoms with Gasteiger partial charge in [0, 0.05) is 0 Å². The summed E-state index contributed by atoms with van der Waals surface area (Å²) >= 11 is 6.41. The molecule has 1 saturated heterocycles. The topological polar surface area (TPSA) is 95.0 Å². The molecule has 10 heteroatoms. The number of carbonyl (C=O) groups is 4. The normalized spacial score (nSPS) is 22.2. The Kier molecular flexibility index (Phi) is 4.73. The molecule has 0 aliphatic carbocycles. The molecule has 2 aliphatic heterocycles. The summed E-state index contributed by atoms with van der Waals surface area (Å²) in [5, 5.41) is 9.73. The third-order valence-electron chi connectivity index (χ3n) is 4.69. The maximum absolute atomic E-state index is 12.8. The summed E-state index contributed by atoms with van der Waals surface area (Å²) in [5.74, 6) is -2.89. The predicted octanol–water partition coefficient (Wildman–Crippen LogP) is 2.49. The predicted molar refractivity (Wildman–Crippen MR) is 102 cm³/mol. The van der Waals surface area contributed by atoms with Crippen LogP contribution in [0.15, 0.2) is 24.3 Å². The number of likely N-dealkylation sites (tertiary alicyclic amines) is 1. The fourth-order valence-electron chi connectivity index (χ4n) is 3.12. The molecular weight excluding hydrogens is 492 g/mol. The molecule has 0 spiro atoms. The number of halogens is 2. The van der Waals surface area contributed by atoms with E-state index in [0.717, 1.165) is 20.0 Å². The van der Waals surface area contributed by atoms with Gasteiger partial charge in [0.2, 0.25) is 10.4 Å². The molecule has 0 radical (unpaired) electrons. The number of nitrogens with zero attached hydrogens (tertiary/aromatic N) is 2. The monoisotopic (exact) mass is 504 g/mol. The number of carboxylic acid groups (broad SMARTS) is 1. The molecule has 2 aliphatic rings. The summed E-state index contributed by atoms with van der Waals surface area (Å²) < 4.78 is -2.62. The van der Waals surface area contributed by atoms with E-state index in [1.165, 1.54) is 12.1 Å². The van der Waals surface area contributed by atoms with Gasteiger partial charge in [0.1, 0.15) is 6.04 Å². The van der Waals surface area contributed by atoms with Gasteiger partial charge in [0.15, 0.2) is 0 Å². The smallest absolute Gasteiger partial charge is 0.342 e. The summed E-state index contributed by atoms with van der Waals surface area (Å²) in [4.78, 5) is 51.8. The van der Waals surface area contributed by atoms with Crippen LogP contribution in [0.1, 0.15) is 34.6 Å². The molecular formula is C16H14Br2N2O5S. The Bertz CT molecular complexity index is 811. The molecule has 1 aromatic rings. The van der Waals surface area contributed by atoms with Crippen LogP contribution in [0.2, 0.25) is 0 Å². The highest BCUT2D eigenvalue weighted by atomic mass is 79.9. The van der Waals surface area contributed by atoms with Crippen molar-refractivity contribution in [1.82, 2.24) is 9.80 Å². The molecule has 1 fully saturated rings. The fraction of sp³-hybridized carbons (Fsp3) is 0.375. The van der Waals surface area contributed by atoms with Gasteiger partial charge >= 0.3 is 5.97 Å². The van der Waals surface area contributed by atoms with E-state index in [9.17, 15) is 24.3 Å². The number of alkyl halides is 1. The number of β-lactam (4-membered cyclic amide) rings is 1. The zero-order valence-corrected chi connectivity index (χ0v) is 17.7. The molecule has 0 saturated carbocycles. The molecule has 138 valence electrons. The average molecular weight is 506 g/mol. The lowest BCUT2D eigenvalue weighted by atomic mass is 9.94. The van der Waals surface area contributed by atoms with E-state index in [1.807, 2.05) is 0 Å². The molecule has 2 heterocycles. The van der Waals surface area contributed by atoms with Gasteiger partial charge in [-0.15, -0.1) is 0 Å². The van der Waals surface area contributed by atoms with Gasteiger partial charge in [-0.3, -0.25) is 19.3 Å². The number of aliphatic carboxylic acids is 1. The van der Waals surface area contributed by atoms with Gasteiger partial charge in [0.25, 0.3) is 11.8 Å². The Morgan fingerprint density at radius 3 is 2.08 bits per heavy atom. The van der Waals surface area contributed by atoms with E-state index in [2.05, 4.69) is 30.7 Å². The Hall–Kier alpha value is -1.39. The summed E-state index contributed by atoms with van der Waals surface area (Å²) in [6.07, 6.45) is 0. The van der Waals surface area contributed by atoms with Gasteiger partial charge in [0.05, 0.1) is 22.4 Å². The second-order valence-electron chi connectivity index (χ2n) is 6.51. The van der Waals surface area contributed by atoms with E-state index >= 15 is 0 Å². The number of imide groups is 1. The second kappa shape index (κ2) is 6.35. The highest BCUT2D eigenvalue weighted by Gasteiger charge is 2.63. The average Bonchev–Trinajstić information content (AvgIpc) is 2.85. The lowest BCUT2D eigenvalue weighted by Gasteiger charge is -2.52. The van der Waals surface area contributed by atoms with Crippen molar-refractivity contribution in [2.75, 3.05) is 6.54 Å². The maximum atomic E-state index is 12.8. The first kappa shape index (κ1) is 19.4. The van der Waals surface area contributed by atoms with Crippen LogP contribution in [-0.4, -0.2) is 60.4 Å². The summed E-state index contributed by atoms with van der Waals surface area (Å²) in [5.41, 5.74) is 0.506. The van der Waals surface area contributed by atoms with E-state index in [1.54, 1.807) is 26.0 Å². The Labute approximate surface area is 169 Å². The number of hydrogen-bond acceptors (Lipinski definition) is 5. The van der Waals surface area contributed by atoms with E-state index < -0.39 is 38.9 Å². The zero-order valence-electron chi connectivity index (χ0n) is 13.7. The van der Waals surface area contributed by atoms with Crippen molar-refractivity contribution < 1.29 is 24.3 Å². The number of amides is 3. The van der Waals surface area contributed by atoms with Crippen LogP contribution in [0.5, 0.6) is 0 Å². The molecule has 0 bridgehead atoms. The van der Waals surface area contributed by atoms with E-state index in [-0.39, 0.29) is 17.7 Å². The van der Waals surface area contributed by atoms with Crippen molar-refractivity contribution in [2.24, 2.45) is 0 Å². The lowest BCUT2D eigenvalue weighted by Crippen LogP contribution is -2.75. The van der Waals surface area contributed by atoms with Gasteiger partial charge in [-0.05, 0) is 56.7 Å². The van der Waals surface area contributed by atoms with Crippen molar-refractivity contribution in [3.05, 3.63) is 35.4 Å². The molecule has 7 nitrogen and oxygen atoms in total. The lowest BCUT2D eigenvalue weighted by molar-refractivity contribution is -0.165. The third-order valence-corrected chi connectivity index (χ3v) is 9.82. The number of benzene rings is 1. The quantitative estimate of drug-likeness (QED) is 0.286. The first-order valence-electron chi connectivity index (χ1n) is 7.58. The summed E-state index contributed by atoms with van der Waals surface area (Å²) in [7, 11) is 1.11. The van der Waals surface area contributed by atoms with Crippen LogP contribution in [0, 0.1) is 0 Å². The molecule has 0 aromatic heterocycles. The summed E-state index contributed by atoms with van der Waals surface area (Å²) in [6, 6.07) is 5.35. The minimum absolute atomic E-state index is 0.0567. The highest BCUT2D eigenvalue weighted by molar-refractivity contribution is 9.50. The highest BCUT2D eigenvalue weighted by Crippen LogP contribution is 2.49. The largest absolute Gasteiger partial charge is 0.479 e. The van der Waals surface area contributed by atoms with Crippen LogP contribution < -0.4 is 0 Å². The molecule has 2 unspecified atom stereocenters. The molecule has 3 rings (SSSR count). The number of fused-ring (bicyclic) bond motifs is 1. The molecule has 2 atom stereocenters. The second-order valence-corrected chi connectivity index (χ2v) is 9.80. The minimum atomic E-state index is -1.69. The zero-order chi connectivity index (χ0) is 19.4. The van der Waals surface area contributed by atoms with Crippen LogP contribution in [0.4, 0.5) is 0 Å². The van der Waals surface area contributed by atoms with Crippen molar-refractivity contribution in [2.45, 2.75) is 29.1 Å². The van der Waals surface area contributed by atoms with Crippen molar-refractivity contribution in [3.63, 3.8) is 0 Å². The SMILES string of the molecule is CC(C)(SBr)C(Br)(C(=O)O)N1CC(N2C(=O)c3ccccc3C2=O)C1=O. The Morgan fingerprint density at radius 2 is 1.69 bits per heavy atom. The van der Waals surface area contributed by atoms with Crippen LogP contribution in [-0.2, 0) is 9.59 Å². The Balaban J connectivity index is 1.89. The number of carboxylic acids is 1. The van der Waals surface area contributed by atoms with Crippen molar-refractivity contribution in [3.8, 4) is 0 Å². The molecule has 3 amide bonds. The van der Waals surface area contributed by atoms with Crippen molar-refractivity contribution >= 4 is 64.6 Å². The van der Waals surface area contributed by atoms with Crippen molar-refractivity contribution in [1.29, 1.82) is 0 Å².